The molecule has 3 heteroatoms. The number of carbonyl (C=O) groups excluding carboxylic acids is 1. The highest BCUT2D eigenvalue weighted by atomic mass is 16.5. The maximum Gasteiger partial charge on any atom is 0.343 e. The molecular formula is C17H14O3. The fourth-order valence-corrected chi connectivity index (χ4v) is 1.64. The minimum Gasteiger partial charge on any atom is -0.494 e. The normalized spacial score (nSPS) is 9.60. The van der Waals surface area contributed by atoms with Gasteiger partial charge in [-0.1, -0.05) is 5.92 Å². The van der Waals surface area contributed by atoms with Crippen LogP contribution in [0.5, 0.6) is 11.5 Å². The smallest absolute Gasteiger partial charge is 0.343 e. The fourth-order valence-electron chi connectivity index (χ4n) is 1.64. The summed E-state index contributed by atoms with van der Waals surface area (Å²) in [7, 11) is 0. The van der Waals surface area contributed by atoms with E-state index in [-0.39, 0.29) is 0 Å². The Morgan fingerprint density at radius 2 is 1.65 bits per heavy atom. The lowest BCUT2D eigenvalue weighted by molar-refractivity contribution is 0.0734. The highest BCUT2D eigenvalue weighted by Gasteiger charge is 2.08. The summed E-state index contributed by atoms with van der Waals surface area (Å²) < 4.78 is 10.6. The van der Waals surface area contributed by atoms with Gasteiger partial charge < -0.3 is 9.47 Å². The highest BCUT2D eigenvalue weighted by Crippen LogP contribution is 2.16. The van der Waals surface area contributed by atoms with Gasteiger partial charge in [0.1, 0.15) is 11.5 Å². The van der Waals surface area contributed by atoms with E-state index in [0.717, 1.165) is 11.3 Å². The Kier molecular flexibility index (Phi) is 4.41. The molecule has 2 aromatic rings. The average Bonchev–Trinajstić information content (AvgIpc) is 2.49. The molecule has 0 unspecified atom stereocenters. The second-order valence-electron chi connectivity index (χ2n) is 4.02. The summed E-state index contributed by atoms with van der Waals surface area (Å²) in [5.41, 5.74) is 1.21. The molecule has 0 heterocycles. The molecule has 100 valence electrons. The van der Waals surface area contributed by atoms with Gasteiger partial charge in [0.15, 0.2) is 0 Å². The summed E-state index contributed by atoms with van der Waals surface area (Å²) in [6.07, 6.45) is 5.26. The molecule has 3 nitrogen and oxygen atoms in total. The molecule has 2 aromatic carbocycles. The maximum absolute atomic E-state index is 11.9. The Labute approximate surface area is 118 Å². The minimum atomic E-state index is -0.415. The predicted octanol–water partition coefficient (Wildman–Crippen LogP) is 3.29. The van der Waals surface area contributed by atoms with Crippen LogP contribution in [0.4, 0.5) is 0 Å². The van der Waals surface area contributed by atoms with Crippen molar-refractivity contribution >= 4 is 5.97 Å². The SMILES string of the molecule is C#Cc1ccc(OC(=O)c2ccc(OCC)cc2)cc1. The van der Waals surface area contributed by atoms with Crippen LogP contribution in [0.3, 0.4) is 0 Å². The fraction of sp³-hybridized carbons (Fsp3) is 0.118. The standard InChI is InChI=1S/C17H14O3/c1-3-13-5-9-16(10-6-13)20-17(18)14-7-11-15(12-8-14)19-4-2/h1,5-12H,4H2,2H3. The van der Waals surface area contributed by atoms with Crippen LogP contribution < -0.4 is 9.47 Å². The van der Waals surface area contributed by atoms with E-state index in [1.54, 1.807) is 48.5 Å². The van der Waals surface area contributed by atoms with E-state index in [2.05, 4.69) is 5.92 Å². The average molecular weight is 266 g/mol. The number of benzene rings is 2. The molecule has 0 aliphatic heterocycles. The summed E-state index contributed by atoms with van der Waals surface area (Å²) in [5.74, 6) is 3.27. The van der Waals surface area contributed by atoms with Crippen molar-refractivity contribution in [3.05, 3.63) is 59.7 Å². The van der Waals surface area contributed by atoms with Crippen molar-refractivity contribution in [2.75, 3.05) is 6.61 Å². The van der Waals surface area contributed by atoms with Crippen molar-refractivity contribution in [2.45, 2.75) is 6.92 Å². The van der Waals surface area contributed by atoms with Crippen LogP contribution in [0.1, 0.15) is 22.8 Å². The van der Waals surface area contributed by atoms with Crippen LogP contribution in [0, 0.1) is 12.3 Å². The molecule has 20 heavy (non-hydrogen) atoms. The number of esters is 1. The quantitative estimate of drug-likeness (QED) is 0.484. The van der Waals surface area contributed by atoms with Gasteiger partial charge in [-0.25, -0.2) is 4.79 Å². The third-order valence-electron chi connectivity index (χ3n) is 2.63. The highest BCUT2D eigenvalue weighted by molar-refractivity contribution is 5.91. The second kappa shape index (κ2) is 6.44. The van der Waals surface area contributed by atoms with Crippen molar-refractivity contribution in [2.24, 2.45) is 0 Å². The molecule has 0 aliphatic carbocycles. The van der Waals surface area contributed by atoms with Gasteiger partial charge in [0.05, 0.1) is 12.2 Å². The zero-order valence-corrected chi connectivity index (χ0v) is 11.1. The summed E-state index contributed by atoms with van der Waals surface area (Å²) in [6, 6.07) is 13.6. The number of terminal acetylenes is 1. The Morgan fingerprint density at radius 3 is 2.20 bits per heavy atom. The maximum atomic E-state index is 11.9. The summed E-state index contributed by atoms with van der Waals surface area (Å²) in [5, 5.41) is 0. The molecule has 0 aliphatic rings. The Morgan fingerprint density at radius 1 is 1.05 bits per heavy atom. The molecular weight excluding hydrogens is 252 g/mol. The predicted molar refractivity (Wildman–Crippen MR) is 76.9 cm³/mol. The summed E-state index contributed by atoms with van der Waals surface area (Å²) in [4.78, 5) is 11.9. The van der Waals surface area contributed by atoms with Gasteiger partial charge in [-0.05, 0) is 55.5 Å². The zero-order valence-electron chi connectivity index (χ0n) is 11.1. The van der Waals surface area contributed by atoms with Gasteiger partial charge in [-0.15, -0.1) is 6.42 Å². The topological polar surface area (TPSA) is 35.5 Å². The number of ether oxygens (including phenoxy) is 2. The molecule has 0 N–H and O–H groups in total. The van der Waals surface area contributed by atoms with Crippen LogP contribution in [0.25, 0.3) is 0 Å². The van der Waals surface area contributed by atoms with E-state index in [1.807, 2.05) is 6.92 Å². The van der Waals surface area contributed by atoms with Gasteiger partial charge in [0, 0.05) is 5.56 Å². The molecule has 0 aromatic heterocycles. The van der Waals surface area contributed by atoms with Crippen LogP contribution >= 0.6 is 0 Å². The molecule has 0 radical (unpaired) electrons. The lowest BCUT2D eigenvalue weighted by atomic mass is 10.2. The Hall–Kier alpha value is -2.73. The molecule has 0 bridgehead atoms. The third-order valence-corrected chi connectivity index (χ3v) is 2.63. The van der Waals surface area contributed by atoms with Gasteiger partial charge >= 0.3 is 5.97 Å². The van der Waals surface area contributed by atoms with Gasteiger partial charge in [-0.2, -0.15) is 0 Å². The number of hydrogen-bond acceptors (Lipinski definition) is 3. The molecule has 0 fully saturated rings. The van der Waals surface area contributed by atoms with Gasteiger partial charge in [0.25, 0.3) is 0 Å². The number of carbonyl (C=O) groups is 1. The van der Waals surface area contributed by atoms with Crippen molar-refractivity contribution < 1.29 is 14.3 Å². The molecule has 0 amide bonds. The Bertz CT molecular complexity index is 619. The van der Waals surface area contributed by atoms with E-state index >= 15 is 0 Å². The van der Waals surface area contributed by atoms with E-state index in [4.69, 9.17) is 15.9 Å². The van der Waals surface area contributed by atoms with Crippen molar-refractivity contribution in [1.29, 1.82) is 0 Å². The van der Waals surface area contributed by atoms with Crippen molar-refractivity contribution in [3.63, 3.8) is 0 Å². The molecule has 0 saturated carbocycles. The monoisotopic (exact) mass is 266 g/mol. The Balaban J connectivity index is 2.05. The van der Waals surface area contributed by atoms with E-state index in [1.165, 1.54) is 0 Å². The van der Waals surface area contributed by atoms with E-state index < -0.39 is 5.97 Å². The second-order valence-corrected chi connectivity index (χ2v) is 4.02. The van der Waals surface area contributed by atoms with E-state index in [0.29, 0.717) is 17.9 Å². The molecule has 0 spiro atoms. The minimum absolute atomic E-state index is 0.415. The van der Waals surface area contributed by atoms with E-state index in [9.17, 15) is 4.79 Å². The van der Waals surface area contributed by atoms with Crippen molar-refractivity contribution in [1.82, 2.24) is 0 Å². The molecule has 2 rings (SSSR count). The first-order chi connectivity index (χ1) is 9.72. The van der Waals surface area contributed by atoms with Crippen molar-refractivity contribution in [3.8, 4) is 23.8 Å². The van der Waals surface area contributed by atoms with Gasteiger partial charge in [-0.3, -0.25) is 0 Å². The first kappa shape index (κ1) is 13.7. The molecule has 0 atom stereocenters. The number of rotatable bonds is 4. The first-order valence-corrected chi connectivity index (χ1v) is 6.24. The summed E-state index contributed by atoms with van der Waals surface area (Å²) in [6.45, 7) is 2.49. The summed E-state index contributed by atoms with van der Waals surface area (Å²) >= 11 is 0. The zero-order chi connectivity index (χ0) is 14.4. The largest absolute Gasteiger partial charge is 0.494 e. The third kappa shape index (κ3) is 3.39. The lowest BCUT2D eigenvalue weighted by Crippen LogP contribution is -2.08. The van der Waals surface area contributed by atoms with Crippen LogP contribution in [-0.2, 0) is 0 Å². The lowest BCUT2D eigenvalue weighted by Gasteiger charge is -2.06. The first-order valence-electron chi connectivity index (χ1n) is 6.24. The van der Waals surface area contributed by atoms with Crippen LogP contribution in [0.2, 0.25) is 0 Å². The van der Waals surface area contributed by atoms with Crippen LogP contribution in [-0.4, -0.2) is 12.6 Å². The van der Waals surface area contributed by atoms with Crippen LogP contribution in [0.15, 0.2) is 48.5 Å². The molecule has 0 saturated heterocycles. The number of hydrogen-bond donors (Lipinski definition) is 0. The van der Waals surface area contributed by atoms with Gasteiger partial charge in [0.2, 0.25) is 0 Å².